The van der Waals surface area contributed by atoms with Gasteiger partial charge in [-0.25, -0.2) is 9.89 Å². The second-order valence-electron chi connectivity index (χ2n) is 2.95. The normalized spacial score (nSPS) is 23.2. The molecule has 1 aliphatic rings. The van der Waals surface area contributed by atoms with Crippen molar-refractivity contribution in [3.63, 3.8) is 0 Å². The number of ether oxygens (including phenoxy) is 1. The van der Waals surface area contributed by atoms with Crippen molar-refractivity contribution in [3.05, 3.63) is 16.3 Å². The van der Waals surface area contributed by atoms with Crippen molar-refractivity contribution in [1.82, 2.24) is 14.8 Å². The molecule has 0 aromatic carbocycles. The van der Waals surface area contributed by atoms with Crippen LogP contribution in [-0.4, -0.2) is 21.4 Å². The summed E-state index contributed by atoms with van der Waals surface area (Å²) in [7, 11) is 1.70. The van der Waals surface area contributed by atoms with Crippen LogP contribution in [-0.2, 0) is 11.8 Å². The zero-order chi connectivity index (χ0) is 8.55. The van der Waals surface area contributed by atoms with E-state index in [1.807, 2.05) is 0 Å². The fourth-order valence-corrected chi connectivity index (χ4v) is 1.43. The standard InChI is InChI=1S/C7H11N3O2/c1-10-6(8-9-7(10)11)5-3-2-4-12-5/h5H,2-4H2,1H3,(H,9,11). The molecule has 5 heteroatoms. The average Bonchev–Trinajstić information content (AvgIpc) is 2.64. The van der Waals surface area contributed by atoms with Crippen LogP contribution < -0.4 is 5.69 Å². The van der Waals surface area contributed by atoms with Crippen LogP contribution >= 0.6 is 0 Å². The van der Waals surface area contributed by atoms with Gasteiger partial charge in [-0.1, -0.05) is 0 Å². The molecule has 2 heterocycles. The highest BCUT2D eigenvalue weighted by Gasteiger charge is 2.22. The number of aromatic amines is 1. The molecular formula is C7H11N3O2. The van der Waals surface area contributed by atoms with Gasteiger partial charge in [0.15, 0.2) is 5.82 Å². The number of nitrogens with one attached hydrogen (secondary N) is 1. The van der Waals surface area contributed by atoms with Gasteiger partial charge in [0.2, 0.25) is 0 Å². The monoisotopic (exact) mass is 169 g/mol. The molecule has 5 nitrogen and oxygen atoms in total. The van der Waals surface area contributed by atoms with E-state index < -0.39 is 0 Å². The molecular weight excluding hydrogens is 158 g/mol. The highest BCUT2D eigenvalue weighted by atomic mass is 16.5. The van der Waals surface area contributed by atoms with Crippen LogP contribution in [0.5, 0.6) is 0 Å². The molecule has 1 unspecified atom stereocenters. The van der Waals surface area contributed by atoms with Crippen molar-refractivity contribution in [1.29, 1.82) is 0 Å². The molecule has 0 amide bonds. The summed E-state index contributed by atoms with van der Waals surface area (Å²) in [5, 5.41) is 6.29. The Balaban J connectivity index is 2.32. The predicted octanol–water partition coefficient (Wildman–Crippen LogP) is -0.0401. The summed E-state index contributed by atoms with van der Waals surface area (Å²) in [6, 6.07) is 0. The Morgan fingerprint density at radius 2 is 2.58 bits per heavy atom. The number of nitrogens with zero attached hydrogens (tertiary/aromatic N) is 2. The first-order valence-corrected chi connectivity index (χ1v) is 4.02. The van der Waals surface area contributed by atoms with Gasteiger partial charge in [-0.15, -0.1) is 0 Å². The first-order valence-electron chi connectivity index (χ1n) is 4.02. The minimum absolute atomic E-state index is 0.00829. The second-order valence-corrected chi connectivity index (χ2v) is 2.95. The maximum Gasteiger partial charge on any atom is 0.343 e. The fourth-order valence-electron chi connectivity index (χ4n) is 1.43. The summed E-state index contributed by atoms with van der Waals surface area (Å²) in [5.41, 5.74) is -0.180. The van der Waals surface area contributed by atoms with Crippen molar-refractivity contribution in [2.75, 3.05) is 6.61 Å². The van der Waals surface area contributed by atoms with Gasteiger partial charge in [0.05, 0.1) is 0 Å². The summed E-state index contributed by atoms with van der Waals surface area (Å²) in [6.07, 6.45) is 2.01. The molecule has 1 aromatic heterocycles. The van der Waals surface area contributed by atoms with Gasteiger partial charge >= 0.3 is 5.69 Å². The molecule has 0 aliphatic carbocycles. The van der Waals surface area contributed by atoms with E-state index in [4.69, 9.17) is 4.74 Å². The summed E-state index contributed by atoms with van der Waals surface area (Å²) in [4.78, 5) is 11.0. The number of H-pyrrole nitrogens is 1. The first kappa shape index (κ1) is 7.54. The Morgan fingerprint density at radius 3 is 3.08 bits per heavy atom. The van der Waals surface area contributed by atoms with Crippen LogP contribution in [0.4, 0.5) is 0 Å². The van der Waals surface area contributed by atoms with E-state index in [-0.39, 0.29) is 11.8 Å². The zero-order valence-corrected chi connectivity index (χ0v) is 6.91. The summed E-state index contributed by atoms with van der Waals surface area (Å²) in [5.74, 6) is 0.706. The van der Waals surface area contributed by atoms with Gasteiger partial charge in [-0.05, 0) is 12.8 Å². The molecule has 0 saturated carbocycles. The number of hydrogen-bond donors (Lipinski definition) is 1. The van der Waals surface area contributed by atoms with Crippen LogP contribution in [0.25, 0.3) is 0 Å². The third-order valence-electron chi connectivity index (χ3n) is 2.13. The molecule has 0 bridgehead atoms. The summed E-state index contributed by atoms with van der Waals surface area (Å²) in [6.45, 7) is 0.770. The van der Waals surface area contributed by atoms with Crippen LogP contribution in [0.15, 0.2) is 4.79 Å². The predicted molar refractivity (Wildman–Crippen MR) is 41.8 cm³/mol. The van der Waals surface area contributed by atoms with Crippen molar-refractivity contribution in [3.8, 4) is 0 Å². The molecule has 1 fully saturated rings. The number of rotatable bonds is 1. The van der Waals surface area contributed by atoms with Crippen LogP contribution in [0, 0.1) is 0 Å². The average molecular weight is 169 g/mol. The van der Waals surface area contributed by atoms with Crippen LogP contribution in [0.1, 0.15) is 24.8 Å². The Morgan fingerprint density at radius 1 is 1.75 bits per heavy atom. The molecule has 0 radical (unpaired) electrons. The fraction of sp³-hybridized carbons (Fsp3) is 0.714. The van der Waals surface area contributed by atoms with Crippen molar-refractivity contribution >= 4 is 0 Å². The molecule has 1 atom stereocenters. The largest absolute Gasteiger partial charge is 0.370 e. The highest BCUT2D eigenvalue weighted by molar-refractivity contribution is 4.92. The van der Waals surface area contributed by atoms with Crippen LogP contribution in [0.2, 0.25) is 0 Å². The molecule has 1 saturated heterocycles. The van der Waals surface area contributed by atoms with Crippen molar-refractivity contribution in [2.24, 2.45) is 7.05 Å². The highest BCUT2D eigenvalue weighted by Crippen LogP contribution is 2.25. The van der Waals surface area contributed by atoms with E-state index in [1.165, 1.54) is 4.57 Å². The number of aromatic nitrogens is 3. The van der Waals surface area contributed by atoms with Gasteiger partial charge in [0.25, 0.3) is 0 Å². The minimum Gasteiger partial charge on any atom is -0.370 e. The molecule has 1 aromatic rings. The molecule has 0 spiro atoms. The smallest absolute Gasteiger partial charge is 0.343 e. The minimum atomic E-state index is -0.180. The maximum atomic E-state index is 11.0. The van der Waals surface area contributed by atoms with Gasteiger partial charge in [-0.2, -0.15) is 5.10 Å². The third-order valence-corrected chi connectivity index (χ3v) is 2.13. The quantitative estimate of drug-likeness (QED) is 0.641. The molecule has 66 valence electrons. The summed E-state index contributed by atoms with van der Waals surface area (Å²) >= 11 is 0. The molecule has 1 N–H and O–H groups in total. The van der Waals surface area contributed by atoms with E-state index in [0.717, 1.165) is 19.4 Å². The maximum absolute atomic E-state index is 11.0. The van der Waals surface area contributed by atoms with Gasteiger partial charge < -0.3 is 4.74 Å². The zero-order valence-electron chi connectivity index (χ0n) is 6.91. The first-order chi connectivity index (χ1) is 5.79. The lowest BCUT2D eigenvalue weighted by atomic mass is 10.2. The molecule has 12 heavy (non-hydrogen) atoms. The molecule has 1 aliphatic heterocycles. The van der Waals surface area contributed by atoms with E-state index in [1.54, 1.807) is 7.05 Å². The van der Waals surface area contributed by atoms with E-state index in [0.29, 0.717) is 5.82 Å². The lowest BCUT2D eigenvalue weighted by Gasteiger charge is -2.06. The summed E-state index contributed by atoms with van der Waals surface area (Å²) < 4.78 is 6.89. The van der Waals surface area contributed by atoms with Crippen molar-refractivity contribution < 1.29 is 4.74 Å². The Bertz CT molecular complexity index is 322. The third kappa shape index (κ3) is 1.06. The lowest BCUT2D eigenvalue weighted by Crippen LogP contribution is -2.16. The number of hydrogen-bond acceptors (Lipinski definition) is 3. The van der Waals surface area contributed by atoms with E-state index in [9.17, 15) is 4.79 Å². The Kier molecular flexibility index (Phi) is 1.73. The van der Waals surface area contributed by atoms with E-state index >= 15 is 0 Å². The van der Waals surface area contributed by atoms with Gasteiger partial charge in [0.1, 0.15) is 6.10 Å². The molecule has 2 rings (SSSR count). The second kappa shape index (κ2) is 2.75. The Labute approximate surface area is 69.4 Å². The van der Waals surface area contributed by atoms with Gasteiger partial charge in [-0.3, -0.25) is 4.57 Å². The Hall–Kier alpha value is -1.10. The SMILES string of the molecule is Cn1c(C2CCCO2)n[nH]c1=O. The lowest BCUT2D eigenvalue weighted by molar-refractivity contribution is 0.102. The topological polar surface area (TPSA) is 59.9 Å². The van der Waals surface area contributed by atoms with Crippen molar-refractivity contribution in [2.45, 2.75) is 18.9 Å². The van der Waals surface area contributed by atoms with E-state index in [2.05, 4.69) is 10.2 Å². The van der Waals surface area contributed by atoms with Gasteiger partial charge in [0, 0.05) is 13.7 Å². The van der Waals surface area contributed by atoms with Crippen LogP contribution in [0.3, 0.4) is 0 Å².